The van der Waals surface area contributed by atoms with E-state index in [0.717, 1.165) is 0 Å². The summed E-state index contributed by atoms with van der Waals surface area (Å²) in [6.07, 6.45) is 1.19. The van der Waals surface area contributed by atoms with Crippen LogP contribution >= 0.6 is 11.6 Å². The van der Waals surface area contributed by atoms with Gasteiger partial charge in [0.15, 0.2) is 0 Å². The molecule has 2 N–H and O–H groups in total. The van der Waals surface area contributed by atoms with E-state index in [1.54, 1.807) is 12.1 Å². The highest BCUT2D eigenvalue weighted by molar-refractivity contribution is 6.32. The number of nitro groups is 1. The molecule has 0 aliphatic rings. The van der Waals surface area contributed by atoms with Crippen molar-refractivity contribution in [3.05, 3.63) is 68.7 Å². The van der Waals surface area contributed by atoms with Crippen molar-refractivity contribution < 1.29 is 14.8 Å². The van der Waals surface area contributed by atoms with Gasteiger partial charge in [0.05, 0.1) is 22.6 Å². The Morgan fingerprint density at radius 2 is 2.09 bits per heavy atom. The number of carbonyl (C=O) groups is 1. The van der Waals surface area contributed by atoms with Crippen LogP contribution in [0, 0.1) is 10.1 Å². The molecular formula is C15H12ClN3O4. The molecular weight excluding hydrogens is 322 g/mol. The average molecular weight is 334 g/mol. The molecule has 0 radical (unpaired) electrons. The Balaban J connectivity index is 1.99. The predicted molar refractivity (Wildman–Crippen MR) is 85.7 cm³/mol. The number of carbonyl (C=O) groups excluding carboxylic acids is 1. The lowest BCUT2D eigenvalue weighted by atomic mass is 10.1. The van der Waals surface area contributed by atoms with Gasteiger partial charge in [0, 0.05) is 11.6 Å². The minimum Gasteiger partial charge on any atom is -0.506 e. The van der Waals surface area contributed by atoms with Crippen LogP contribution in [-0.4, -0.2) is 22.2 Å². The molecule has 0 aliphatic carbocycles. The Kier molecular flexibility index (Phi) is 5.27. The first-order valence-corrected chi connectivity index (χ1v) is 6.88. The van der Waals surface area contributed by atoms with Crippen LogP contribution in [0.15, 0.2) is 47.6 Å². The van der Waals surface area contributed by atoms with Crippen LogP contribution in [0.5, 0.6) is 5.75 Å². The minimum atomic E-state index is -0.537. The molecule has 0 heterocycles. The number of nitrogens with zero attached hydrogens (tertiary/aromatic N) is 2. The Morgan fingerprint density at radius 1 is 1.35 bits per heavy atom. The van der Waals surface area contributed by atoms with Gasteiger partial charge in [0.1, 0.15) is 5.75 Å². The maximum absolute atomic E-state index is 11.8. The van der Waals surface area contributed by atoms with E-state index in [1.165, 1.54) is 36.5 Å². The second-order valence-electron chi connectivity index (χ2n) is 4.57. The second-order valence-corrected chi connectivity index (χ2v) is 4.97. The second kappa shape index (κ2) is 7.37. The first-order valence-electron chi connectivity index (χ1n) is 6.50. The van der Waals surface area contributed by atoms with Gasteiger partial charge in [-0.05, 0) is 23.8 Å². The largest absolute Gasteiger partial charge is 0.506 e. The third kappa shape index (κ3) is 4.52. The van der Waals surface area contributed by atoms with Crippen LogP contribution in [0.4, 0.5) is 5.69 Å². The summed E-state index contributed by atoms with van der Waals surface area (Å²) in [4.78, 5) is 22.1. The lowest BCUT2D eigenvalue weighted by Gasteiger charge is -2.02. The van der Waals surface area contributed by atoms with Crippen LogP contribution in [0.3, 0.4) is 0 Å². The van der Waals surface area contributed by atoms with Gasteiger partial charge in [-0.1, -0.05) is 29.8 Å². The summed E-state index contributed by atoms with van der Waals surface area (Å²) >= 11 is 5.75. The minimum absolute atomic E-state index is 0.0516. The van der Waals surface area contributed by atoms with E-state index in [4.69, 9.17) is 11.6 Å². The summed E-state index contributed by atoms with van der Waals surface area (Å²) in [6.45, 7) is 0. The van der Waals surface area contributed by atoms with E-state index < -0.39 is 10.8 Å². The summed E-state index contributed by atoms with van der Waals surface area (Å²) in [6, 6.07) is 10.5. The molecule has 0 fully saturated rings. The van der Waals surface area contributed by atoms with Crippen LogP contribution in [0.1, 0.15) is 11.1 Å². The maximum Gasteiger partial charge on any atom is 0.273 e. The molecule has 0 bridgehead atoms. The number of aromatic hydroxyl groups is 1. The standard InChI is InChI=1S/C15H12ClN3O4/c16-12-7-10(5-6-14(12)20)9-17-18-15(21)8-11-3-1-2-4-13(11)19(22)23/h1-7,9,20H,8H2,(H,18,21)/b17-9+. The highest BCUT2D eigenvalue weighted by Gasteiger charge is 2.14. The molecule has 0 unspecified atom stereocenters. The molecule has 0 spiro atoms. The van der Waals surface area contributed by atoms with Crippen molar-refractivity contribution in [3.8, 4) is 5.75 Å². The van der Waals surface area contributed by atoms with Gasteiger partial charge in [-0.2, -0.15) is 5.10 Å². The topological polar surface area (TPSA) is 105 Å². The van der Waals surface area contributed by atoms with Crippen LogP contribution < -0.4 is 5.43 Å². The molecule has 2 aromatic carbocycles. The molecule has 118 valence electrons. The maximum atomic E-state index is 11.8. The first kappa shape index (κ1) is 16.4. The number of nitro benzene ring substituents is 1. The van der Waals surface area contributed by atoms with E-state index in [9.17, 15) is 20.0 Å². The number of hydrazone groups is 1. The smallest absolute Gasteiger partial charge is 0.273 e. The number of halogens is 1. The first-order chi connectivity index (χ1) is 11.0. The van der Waals surface area contributed by atoms with Gasteiger partial charge in [-0.25, -0.2) is 5.43 Å². The van der Waals surface area contributed by atoms with Crippen molar-refractivity contribution in [2.45, 2.75) is 6.42 Å². The molecule has 0 atom stereocenters. The summed E-state index contributed by atoms with van der Waals surface area (Å²) in [5, 5.41) is 24.1. The van der Waals surface area contributed by atoms with Crippen molar-refractivity contribution >= 4 is 29.4 Å². The summed E-state index contributed by atoms with van der Waals surface area (Å²) in [7, 11) is 0. The van der Waals surface area contributed by atoms with Gasteiger partial charge in [-0.3, -0.25) is 14.9 Å². The molecule has 1 amide bonds. The van der Waals surface area contributed by atoms with E-state index in [0.29, 0.717) is 11.1 Å². The van der Waals surface area contributed by atoms with Crippen molar-refractivity contribution in [3.63, 3.8) is 0 Å². The van der Waals surface area contributed by atoms with Crippen LogP contribution in [0.25, 0.3) is 0 Å². The number of phenolic OH excluding ortho intramolecular Hbond substituents is 1. The fraction of sp³-hybridized carbons (Fsp3) is 0.0667. The lowest BCUT2D eigenvalue weighted by Crippen LogP contribution is -2.20. The average Bonchev–Trinajstić information content (AvgIpc) is 2.51. The number of rotatable bonds is 5. The van der Waals surface area contributed by atoms with E-state index in [1.807, 2.05) is 0 Å². The number of phenols is 1. The summed E-state index contributed by atoms with van der Waals surface area (Å²) in [5.74, 6) is -0.537. The highest BCUT2D eigenvalue weighted by Crippen LogP contribution is 2.22. The molecule has 2 rings (SSSR count). The fourth-order valence-electron chi connectivity index (χ4n) is 1.83. The molecule has 8 heteroatoms. The third-order valence-electron chi connectivity index (χ3n) is 2.91. The van der Waals surface area contributed by atoms with Crippen LogP contribution in [-0.2, 0) is 11.2 Å². The van der Waals surface area contributed by atoms with Gasteiger partial charge >= 0.3 is 0 Å². The van der Waals surface area contributed by atoms with Crippen LogP contribution in [0.2, 0.25) is 5.02 Å². The number of hydrogen-bond acceptors (Lipinski definition) is 5. The monoisotopic (exact) mass is 333 g/mol. The molecule has 0 saturated heterocycles. The van der Waals surface area contributed by atoms with Crippen molar-refractivity contribution in [1.29, 1.82) is 0 Å². The molecule has 7 nitrogen and oxygen atoms in total. The van der Waals surface area contributed by atoms with E-state index in [-0.39, 0.29) is 22.9 Å². The Labute approximate surface area is 136 Å². The van der Waals surface area contributed by atoms with Crippen molar-refractivity contribution in [2.75, 3.05) is 0 Å². The normalized spacial score (nSPS) is 10.7. The quantitative estimate of drug-likeness (QED) is 0.498. The summed E-state index contributed by atoms with van der Waals surface area (Å²) < 4.78 is 0. The molecule has 0 aromatic heterocycles. The van der Waals surface area contributed by atoms with Crippen molar-refractivity contribution in [1.82, 2.24) is 5.43 Å². The molecule has 0 saturated carbocycles. The van der Waals surface area contributed by atoms with Gasteiger partial charge in [-0.15, -0.1) is 0 Å². The van der Waals surface area contributed by atoms with Crippen molar-refractivity contribution in [2.24, 2.45) is 5.10 Å². The summed E-state index contributed by atoms with van der Waals surface area (Å²) in [5.41, 5.74) is 3.05. The van der Waals surface area contributed by atoms with Gasteiger partial charge < -0.3 is 5.11 Å². The Morgan fingerprint density at radius 3 is 2.78 bits per heavy atom. The Hall–Kier alpha value is -2.93. The number of nitrogens with one attached hydrogen (secondary N) is 1. The number of amides is 1. The molecule has 0 aliphatic heterocycles. The van der Waals surface area contributed by atoms with E-state index >= 15 is 0 Å². The zero-order valence-electron chi connectivity index (χ0n) is 11.8. The zero-order chi connectivity index (χ0) is 16.8. The third-order valence-corrected chi connectivity index (χ3v) is 3.22. The zero-order valence-corrected chi connectivity index (χ0v) is 12.5. The number of para-hydroxylation sites is 1. The lowest BCUT2D eigenvalue weighted by molar-refractivity contribution is -0.385. The SMILES string of the molecule is O=C(Cc1ccccc1[N+](=O)[O-])N/N=C/c1ccc(O)c(Cl)c1. The molecule has 23 heavy (non-hydrogen) atoms. The molecule has 2 aromatic rings. The predicted octanol–water partition coefficient (Wildman–Crippen LogP) is 2.65. The Bertz CT molecular complexity index is 777. The van der Waals surface area contributed by atoms with Gasteiger partial charge in [0.2, 0.25) is 5.91 Å². The fourth-order valence-corrected chi connectivity index (χ4v) is 2.02. The van der Waals surface area contributed by atoms with Gasteiger partial charge in [0.25, 0.3) is 5.69 Å². The number of hydrogen-bond donors (Lipinski definition) is 2. The highest BCUT2D eigenvalue weighted by atomic mass is 35.5. The van der Waals surface area contributed by atoms with E-state index in [2.05, 4.69) is 10.5 Å². The number of benzene rings is 2.